The van der Waals surface area contributed by atoms with Crippen LogP contribution in [-0.4, -0.2) is 35.1 Å². The summed E-state index contributed by atoms with van der Waals surface area (Å²) in [7, 11) is 0. The van der Waals surface area contributed by atoms with Crippen LogP contribution >= 0.6 is 15.9 Å². The molecular formula is C15H20BrNO2. The molecule has 1 fully saturated rings. The number of amides is 1. The molecule has 104 valence electrons. The van der Waals surface area contributed by atoms with Crippen LogP contribution in [0.4, 0.5) is 0 Å². The molecule has 1 N–H and O–H groups in total. The molecule has 4 heteroatoms. The number of rotatable bonds is 3. The second-order valence-electron chi connectivity index (χ2n) is 5.23. The molecule has 3 nitrogen and oxygen atoms in total. The number of carbonyl (C=O) groups is 1. The SMILES string of the molecule is CC(O)C1CCN(C(=O)Cc2ccccc2Br)CC1. The van der Waals surface area contributed by atoms with Crippen LogP contribution in [0.15, 0.2) is 28.7 Å². The molecule has 1 aliphatic heterocycles. The highest BCUT2D eigenvalue weighted by atomic mass is 79.9. The van der Waals surface area contributed by atoms with E-state index < -0.39 is 0 Å². The van der Waals surface area contributed by atoms with E-state index in [-0.39, 0.29) is 12.0 Å². The van der Waals surface area contributed by atoms with E-state index in [0.29, 0.717) is 12.3 Å². The van der Waals surface area contributed by atoms with Gasteiger partial charge < -0.3 is 10.0 Å². The monoisotopic (exact) mass is 325 g/mol. The maximum Gasteiger partial charge on any atom is 0.227 e. The molecule has 1 saturated heterocycles. The topological polar surface area (TPSA) is 40.5 Å². The summed E-state index contributed by atoms with van der Waals surface area (Å²) >= 11 is 3.47. The molecule has 19 heavy (non-hydrogen) atoms. The minimum absolute atomic E-state index is 0.177. The van der Waals surface area contributed by atoms with E-state index in [9.17, 15) is 9.90 Å². The van der Waals surface area contributed by atoms with Crippen LogP contribution in [0.5, 0.6) is 0 Å². The molecule has 0 aliphatic carbocycles. The van der Waals surface area contributed by atoms with Crippen molar-refractivity contribution in [1.29, 1.82) is 0 Å². The Bertz CT molecular complexity index is 440. The molecule has 0 spiro atoms. The zero-order chi connectivity index (χ0) is 13.8. The van der Waals surface area contributed by atoms with Gasteiger partial charge in [0.05, 0.1) is 12.5 Å². The van der Waals surface area contributed by atoms with Crippen LogP contribution in [0, 0.1) is 5.92 Å². The molecule has 2 rings (SSSR count). The predicted octanol–water partition coefficient (Wildman–Crippen LogP) is 2.61. The first-order chi connectivity index (χ1) is 9.08. The molecular weight excluding hydrogens is 306 g/mol. The van der Waals surface area contributed by atoms with Crippen molar-refractivity contribution < 1.29 is 9.90 Å². The summed E-state index contributed by atoms with van der Waals surface area (Å²) in [5.74, 6) is 0.517. The van der Waals surface area contributed by atoms with Gasteiger partial charge in [-0.3, -0.25) is 4.79 Å². The van der Waals surface area contributed by atoms with Gasteiger partial charge >= 0.3 is 0 Å². The number of hydrogen-bond donors (Lipinski definition) is 1. The summed E-state index contributed by atoms with van der Waals surface area (Å²) in [6, 6.07) is 7.84. The first kappa shape index (κ1) is 14.5. The standard InChI is InChI=1S/C15H20BrNO2/c1-11(18)12-6-8-17(9-7-12)15(19)10-13-4-2-3-5-14(13)16/h2-5,11-12,18H,6-10H2,1H3. The van der Waals surface area contributed by atoms with Crippen molar-refractivity contribution in [2.75, 3.05) is 13.1 Å². The van der Waals surface area contributed by atoms with Gasteiger partial charge in [0.15, 0.2) is 0 Å². The fourth-order valence-corrected chi connectivity index (χ4v) is 2.97. The fourth-order valence-electron chi connectivity index (χ4n) is 2.55. The van der Waals surface area contributed by atoms with Crippen molar-refractivity contribution in [2.24, 2.45) is 5.92 Å². The highest BCUT2D eigenvalue weighted by Gasteiger charge is 2.25. The Hall–Kier alpha value is -0.870. The zero-order valence-electron chi connectivity index (χ0n) is 11.2. The molecule has 1 heterocycles. The van der Waals surface area contributed by atoms with Crippen molar-refractivity contribution in [3.63, 3.8) is 0 Å². The zero-order valence-corrected chi connectivity index (χ0v) is 12.8. The number of likely N-dealkylation sites (tertiary alicyclic amines) is 1. The Balaban J connectivity index is 1.90. The molecule has 1 amide bonds. The summed E-state index contributed by atoms with van der Waals surface area (Å²) in [6.07, 6.45) is 1.99. The molecule has 0 aromatic heterocycles. The number of benzene rings is 1. The molecule has 0 saturated carbocycles. The Labute approximate surface area is 122 Å². The van der Waals surface area contributed by atoms with Crippen molar-refractivity contribution in [1.82, 2.24) is 4.90 Å². The summed E-state index contributed by atoms with van der Waals surface area (Å²) < 4.78 is 0.988. The molecule has 1 aliphatic rings. The molecule has 1 atom stereocenters. The second-order valence-corrected chi connectivity index (χ2v) is 6.08. The number of aliphatic hydroxyl groups is 1. The first-order valence-electron chi connectivity index (χ1n) is 6.77. The van der Waals surface area contributed by atoms with Crippen molar-refractivity contribution in [3.8, 4) is 0 Å². The van der Waals surface area contributed by atoms with E-state index in [0.717, 1.165) is 36.0 Å². The summed E-state index contributed by atoms with van der Waals surface area (Å²) in [4.78, 5) is 14.2. The summed E-state index contributed by atoms with van der Waals surface area (Å²) in [5.41, 5.74) is 1.03. The van der Waals surface area contributed by atoms with Crippen LogP contribution in [0.2, 0.25) is 0 Å². The highest BCUT2D eigenvalue weighted by molar-refractivity contribution is 9.10. The van der Waals surface area contributed by atoms with Crippen LogP contribution in [0.3, 0.4) is 0 Å². The average molecular weight is 326 g/mol. The number of carbonyl (C=O) groups excluding carboxylic acids is 1. The van der Waals surface area contributed by atoms with Gasteiger partial charge in [0.2, 0.25) is 5.91 Å². The van der Waals surface area contributed by atoms with Crippen molar-refractivity contribution in [3.05, 3.63) is 34.3 Å². The largest absolute Gasteiger partial charge is 0.393 e. The molecule has 1 aromatic rings. The van der Waals surface area contributed by atoms with Gasteiger partial charge in [-0.05, 0) is 37.3 Å². The number of aliphatic hydroxyl groups excluding tert-OH is 1. The van der Waals surface area contributed by atoms with Crippen LogP contribution in [0.25, 0.3) is 0 Å². The Morgan fingerprint density at radius 1 is 1.42 bits per heavy atom. The molecule has 1 unspecified atom stereocenters. The highest BCUT2D eigenvalue weighted by Crippen LogP contribution is 2.22. The predicted molar refractivity (Wildman–Crippen MR) is 78.8 cm³/mol. The van der Waals surface area contributed by atoms with Gasteiger partial charge in [0, 0.05) is 17.6 Å². The second kappa shape index (κ2) is 6.53. The van der Waals surface area contributed by atoms with E-state index in [1.165, 1.54) is 0 Å². The van der Waals surface area contributed by atoms with Gasteiger partial charge in [-0.2, -0.15) is 0 Å². The lowest BCUT2D eigenvalue weighted by Crippen LogP contribution is -2.41. The first-order valence-corrected chi connectivity index (χ1v) is 7.56. The van der Waals surface area contributed by atoms with Gasteiger partial charge in [-0.25, -0.2) is 0 Å². The molecule has 1 aromatic carbocycles. The van der Waals surface area contributed by atoms with Crippen LogP contribution < -0.4 is 0 Å². The van der Waals surface area contributed by atoms with Crippen molar-refractivity contribution in [2.45, 2.75) is 32.3 Å². The normalized spacial score (nSPS) is 18.4. The number of nitrogens with zero attached hydrogens (tertiary/aromatic N) is 1. The fraction of sp³-hybridized carbons (Fsp3) is 0.533. The Morgan fingerprint density at radius 3 is 2.63 bits per heavy atom. The third kappa shape index (κ3) is 3.80. The summed E-state index contributed by atoms with van der Waals surface area (Å²) in [5, 5.41) is 9.56. The average Bonchev–Trinajstić information content (AvgIpc) is 2.41. The van der Waals surface area contributed by atoms with Crippen LogP contribution in [-0.2, 0) is 11.2 Å². The Morgan fingerprint density at radius 2 is 2.05 bits per heavy atom. The minimum atomic E-state index is -0.263. The minimum Gasteiger partial charge on any atom is -0.393 e. The lowest BCUT2D eigenvalue weighted by Gasteiger charge is -2.33. The maximum absolute atomic E-state index is 12.2. The molecule has 0 radical (unpaired) electrons. The van der Waals surface area contributed by atoms with E-state index >= 15 is 0 Å². The maximum atomic E-state index is 12.2. The van der Waals surface area contributed by atoms with Gasteiger partial charge in [-0.15, -0.1) is 0 Å². The van der Waals surface area contributed by atoms with Crippen molar-refractivity contribution >= 4 is 21.8 Å². The van der Waals surface area contributed by atoms with Gasteiger partial charge in [0.1, 0.15) is 0 Å². The van der Waals surface area contributed by atoms with E-state index in [1.54, 1.807) is 0 Å². The quantitative estimate of drug-likeness (QED) is 0.928. The van der Waals surface area contributed by atoms with Gasteiger partial charge in [0.25, 0.3) is 0 Å². The Kier molecular flexibility index (Phi) is 4.99. The lowest BCUT2D eigenvalue weighted by molar-refractivity contribution is -0.132. The van der Waals surface area contributed by atoms with E-state index in [2.05, 4.69) is 15.9 Å². The summed E-state index contributed by atoms with van der Waals surface area (Å²) in [6.45, 7) is 3.36. The van der Waals surface area contributed by atoms with E-state index in [1.807, 2.05) is 36.1 Å². The third-order valence-electron chi connectivity index (χ3n) is 3.87. The number of hydrogen-bond acceptors (Lipinski definition) is 2. The van der Waals surface area contributed by atoms with Gasteiger partial charge in [-0.1, -0.05) is 34.1 Å². The van der Waals surface area contributed by atoms with Crippen LogP contribution in [0.1, 0.15) is 25.3 Å². The third-order valence-corrected chi connectivity index (χ3v) is 4.65. The molecule has 0 bridgehead atoms. The van der Waals surface area contributed by atoms with E-state index in [4.69, 9.17) is 0 Å². The smallest absolute Gasteiger partial charge is 0.227 e. The lowest BCUT2D eigenvalue weighted by atomic mass is 9.92. The number of piperidine rings is 1. The number of halogens is 1.